The van der Waals surface area contributed by atoms with Crippen molar-refractivity contribution in [2.75, 3.05) is 0 Å². The number of ether oxygens (including phenoxy) is 1. The van der Waals surface area contributed by atoms with Gasteiger partial charge in [-0.25, -0.2) is 0 Å². The molecule has 1 unspecified atom stereocenters. The van der Waals surface area contributed by atoms with Crippen molar-refractivity contribution in [1.29, 1.82) is 0 Å². The van der Waals surface area contributed by atoms with Gasteiger partial charge >= 0.3 is 5.97 Å². The molecule has 0 aromatic carbocycles. The predicted molar refractivity (Wildman–Crippen MR) is 72.7 cm³/mol. The maximum atomic E-state index is 11.9. The molecule has 17 heavy (non-hydrogen) atoms. The molecule has 1 atom stereocenters. The highest BCUT2D eigenvalue weighted by molar-refractivity contribution is 5.76. The van der Waals surface area contributed by atoms with E-state index < -0.39 is 0 Å². The number of rotatable bonds is 7. The monoisotopic (exact) mass is 236 g/mol. The van der Waals surface area contributed by atoms with Crippen molar-refractivity contribution in [2.24, 2.45) is 5.92 Å². The minimum atomic E-state index is -0.367. The summed E-state index contributed by atoms with van der Waals surface area (Å²) in [5, 5.41) is 0. The number of hydrogen-bond acceptors (Lipinski definition) is 2. The van der Waals surface area contributed by atoms with Crippen molar-refractivity contribution in [1.82, 2.24) is 0 Å². The smallest absolute Gasteiger partial charge is 0.313 e. The van der Waals surface area contributed by atoms with Gasteiger partial charge in [0.1, 0.15) is 5.60 Å². The minimum Gasteiger partial charge on any atom is -0.459 e. The minimum absolute atomic E-state index is 0.213. The number of carbonyl (C=O) groups is 1. The number of esters is 1. The van der Waals surface area contributed by atoms with Gasteiger partial charge < -0.3 is 4.74 Å². The van der Waals surface area contributed by atoms with Gasteiger partial charge in [0.05, 0.1) is 5.92 Å². The van der Waals surface area contributed by atoms with Crippen LogP contribution in [0.1, 0.15) is 40.5 Å². The number of hydrogen-bond donors (Lipinski definition) is 0. The molecule has 0 aliphatic rings. The van der Waals surface area contributed by atoms with E-state index in [1.165, 1.54) is 0 Å². The molecule has 2 nitrogen and oxygen atoms in total. The van der Waals surface area contributed by atoms with E-state index in [4.69, 9.17) is 4.74 Å². The van der Waals surface area contributed by atoms with Crippen LogP contribution in [0.3, 0.4) is 0 Å². The Morgan fingerprint density at radius 2 is 1.94 bits per heavy atom. The molecule has 0 spiro atoms. The second kappa shape index (κ2) is 7.10. The third kappa shape index (κ3) is 5.03. The van der Waals surface area contributed by atoms with Crippen molar-refractivity contribution in [3.63, 3.8) is 0 Å². The number of allylic oxidation sites excluding steroid dienone is 3. The molecule has 0 saturated heterocycles. The Morgan fingerprint density at radius 3 is 2.35 bits per heavy atom. The summed E-state index contributed by atoms with van der Waals surface area (Å²) in [5.41, 5.74) is 0.373. The highest BCUT2D eigenvalue weighted by Crippen LogP contribution is 2.23. The molecule has 0 heterocycles. The van der Waals surface area contributed by atoms with Gasteiger partial charge in [0, 0.05) is 0 Å². The third-order valence-corrected chi connectivity index (χ3v) is 3.20. The summed E-state index contributed by atoms with van der Waals surface area (Å²) in [6, 6.07) is 0. The SMILES string of the molecule is C=CC=CC(=C)C(C)C(=O)OC(C)(CC)CC. The first-order valence-corrected chi connectivity index (χ1v) is 6.11. The topological polar surface area (TPSA) is 26.3 Å². The molecule has 0 aliphatic carbocycles. The molecule has 0 aromatic rings. The van der Waals surface area contributed by atoms with E-state index in [0.717, 1.165) is 18.4 Å². The zero-order valence-corrected chi connectivity index (χ0v) is 11.5. The first kappa shape index (κ1) is 15.7. The fraction of sp³-hybridized carbons (Fsp3) is 0.533. The summed E-state index contributed by atoms with van der Waals surface area (Å²) in [6.45, 7) is 15.2. The summed E-state index contributed by atoms with van der Waals surface area (Å²) in [4.78, 5) is 11.9. The van der Waals surface area contributed by atoms with E-state index in [9.17, 15) is 4.79 Å². The van der Waals surface area contributed by atoms with Crippen molar-refractivity contribution in [3.8, 4) is 0 Å². The average molecular weight is 236 g/mol. The molecule has 0 saturated carbocycles. The van der Waals surface area contributed by atoms with Crippen LogP contribution in [0, 0.1) is 5.92 Å². The molecular weight excluding hydrogens is 212 g/mol. The summed E-state index contributed by atoms with van der Waals surface area (Å²) in [7, 11) is 0. The quantitative estimate of drug-likeness (QED) is 0.492. The normalized spacial score (nSPS) is 13.4. The standard InChI is InChI=1S/C15H24O2/c1-7-10-11-12(4)13(5)14(16)17-15(6,8-2)9-3/h7,10-11,13H,1,4,8-9H2,2-3,5-6H3. The molecular formula is C15H24O2. The van der Waals surface area contributed by atoms with Gasteiger partial charge in [0.25, 0.3) is 0 Å². The molecule has 0 bridgehead atoms. The van der Waals surface area contributed by atoms with E-state index in [1.54, 1.807) is 18.2 Å². The van der Waals surface area contributed by atoms with E-state index in [0.29, 0.717) is 0 Å². The molecule has 0 fully saturated rings. The van der Waals surface area contributed by atoms with Crippen LogP contribution in [0.4, 0.5) is 0 Å². The third-order valence-electron chi connectivity index (χ3n) is 3.20. The van der Waals surface area contributed by atoms with E-state index in [-0.39, 0.29) is 17.5 Å². The van der Waals surface area contributed by atoms with Gasteiger partial charge in [-0.3, -0.25) is 4.79 Å². The highest BCUT2D eigenvalue weighted by atomic mass is 16.6. The van der Waals surface area contributed by atoms with Crippen LogP contribution in [0.25, 0.3) is 0 Å². The maximum Gasteiger partial charge on any atom is 0.313 e. The van der Waals surface area contributed by atoms with Gasteiger partial charge in [0.2, 0.25) is 0 Å². The lowest BCUT2D eigenvalue weighted by Crippen LogP contribution is -2.32. The largest absolute Gasteiger partial charge is 0.459 e. The van der Waals surface area contributed by atoms with Gasteiger partial charge in [-0.05, 0) is 32.3 Å². The first-order chi connectivity index (χ1) is 7.90. The Kier molecular flexibility index (Phi) is 6.55. The Hall–Kier alpha value is -1.31. The fourth-order valence-corrected chi connectivity index (χ4v) is 1.21. The Labute approximate surface area is 105 Å². The second-order valence-electron chi connectivity index (χ2n) is 4.47. The van der Waals surface area contributed by atoms with Gasteiger partial charge in [-0.1, -0.05) is 45.2 Å². The molecule has 0 amide bonds. The van der Waals surface area contributed by atoms with Crippen LogP contribution < -0.4 is 0 Å². The van der Waals surface area contributed by atoms with Gasteiger partial charge in [0.15, 0.2) is 0 Å². The lowest BCUT2D eigenvalue weighted by molar-refractivity contribution is -0.161. The molecule has 0 N–H and O–H groups in total. The first-order valence-electron chi connectivity index (χ1n) is 6.11. The number of carbonyl (C=O) groups excluding carboxylic acids is 1. The van der Waals surface area contributed by atoms with E-state index >= 15 is 0 Å². The lowest BCUT2D eigenvalue weighted by Gasteiger charge is -2.28. The summed E-state index contributed by atoms with van der Waals surface area (Å²) >= 11 is 0. The Bertz CT molecular complexity index is 309. The second-order valence-corrected chi connectivity index (χ2v) is 4.47. The molecule has 0 aromatic heterocycles. The van der Waals surface area contributed by atoms with Crippen LogP contribution in [-0.2, 0) is 9.53 Å². The van der Waals surface area contributed by atoms with E-state index in [2.05, 4.69) is 13.2 Å². The van der Waals surface area contributed by atoms with Crippen molar-refractivity contribution in [3.05, 3.63) is 37.0 Å². The van der Waals surface area contributed by atoms with Crippen LogP contribution in [0.5, 0.6) is 0 Å². The van der Waals surface area contributed by atoms with Crippen LogP contribution in [0.15, 0.2) is 37.0 Å². The van der Waals surface area contributed by atoms with Crippen molar-refractivity contribution >= 4 is 5.97 Å². The van der Waals surface area contributed by atoms with Crippen molar-refractivity contribution in [2.45, 2.75) is 46.1 Å². The molecule has 0 aliphatic heterocycles. The molecule has 0 rings (SSSR count). The van der Waals surface area contributed by atoms with Crippen molar-refractivity contribution < 1.29 is 9.53 Å². The van der Waals surface area contributed by atoms with E-state index in [1.807, 2.05) is 27.7 Å². The Balaban J connectivity index is 4.56. The zero-order valence-electron chi connectivity index (χ0n) is 11.5. The average Bonchev–Trinajstić information content (AvgIpc) is 2.34. The fourth-order valence-electron chi connectivity index (χ4n) is 1.21. The van der Waals surface area contributed by atoms with Crippen LogP contribution in [0.2, 0.25) is 0 Å². The zero-order chi connectivity index (χ0) is 13.5. The molecule has 96 valence electrons. The van der Waals surface area contributed by atoms with Crippen LogP contribution >= 0.6 is 0 Å². The molecule has 0 radical (unpaired) electrons. The van der Waals surface area contributed by atoms with Gasteiger partial charge in [-0.2, -0.15) is 0 Å². The molecule has 2 heteroatoms. The summed E-state index contributed by atoms with van der Waals surface area (Å²) < 4.78 is 5.54. The highest BCUT2D eigenvalue weighted by Gasteiger charge is 2.27. The summed E-state index contributed by atoms with van der Waals surface area (Å²) in [5.74, 6) is -0.529. The summed E-state index contributed by atoms with van der Waals surface area (Å²) in [6.07, 6.45) is 6.85. The maximum absolute atomic E-state index is 11.9. The predicted octanol–water partition coefficient (Wildman–Crippen LogP) is 4.04. The Morgan fingerprint density at radius 1 is 1.41 bits per heavy atom. The lowest BCUT2D eigenvalue weighted by atomic mass is 9.98. The van der Waals surface area contributed by atoms with Crippen LogP contribution in [-0.4, -0.2) is 11.6 Å². The van der Waals surface area contributed by atoms with Gasteiger partial charge in [-0.15, -0.1) is 0 Å².